The lowest BCUT2D eigenvalue weighted by Gasteiger charge is -2.27. The molecule has 0 saturated carbocycles. The highest BCUT2D eigenvalue weighted by atomic mass is 32.2. The lowest BCUT2D eigenvalue weighted by Crippen LogP contribution is -2.59. The van der Waals surface area contributed by atoms with Crippen LogP contribution in [0.2, 0.25) is 0 Å². The van der Waals surface area contributed by atoms with Crippen LogP contribution in [0.3, 0.4) is 0 Å². The summed E-state index contributed by atoms with van der Waals surface area (Å²) in [4.78, 5) is 216. The van der Waals surface area contributed by atoms with Crippen molar-refractivity contribution in [3.05, 3.63) is 52.1 Å². The molecule has 1 aliphatic heterocycles. The molecule has 31 N–H and O–H groups in total. The standard InChI is InChI=1S/C68H103N17O32S/c1-4-31(77-61(109)33(10-14-45(95)71-21-38(89)51(100)54(103)41(92)24-86)76-48(98)17-13-36(66(114)115)81-58(106)28-6-8-29(9-7-28)70-19-30-20-74-57-50(75-30)64(112)84-68(69)83-57)59(107)79-34(11-15-46(96)72-22-39(90)52(101)55(104)42(93)25-87)62(110)78-32(5-2)60(108)80-35(12-16-47(97)73-23-40(91)53(102)56(105)43(94)26-88)63(111)82-37(67(116)117)27-118-44-18-49(99)85(3)65(44)113/h6-9,20,31-44,51-56,70,86-94,100-105H,4-5,10-19,21-27H2,1-3H3,(H,71,95)(H,72,96)(H,73,97)(H,76,98)(H,77,109)(H,78,110)(H,79,107)(H,80,108)(H,81,106)(H,82,111)(H,114,115)(H,116,117)(H3,69,74,83,84,112)/t31-,32-,33+,34+,35+,36+,37-,38+,39+,40+,41-,42-,43-,44?,51-,52-,53-,54-,55-,56-/m1/s1. The summed E-state index contributed by atoms with van der Waals surface area (Å²) in [6, 6.07) is -7.52. The number of carboxylic acids is 2. The molecule has 2 aromatic heterocycles. The molecule has 0 radical (unpaired) electrons. The average molecular weight is 1700 g/mol. The van der Waals surface area contributed by atoms with Gasteiger partial charge in [0.25, 0.3) is 11.5 Å². The number of nitrogen functional groups attached to an aromatic ring is 1. The van der Waals surface area contributed by atoms with Gasteiger partial charge in [0, 0.05) is 75.8 Å². The minimum absolute atomic E-state index is 0.000181. The van der Waals surface area contributed by atoms with Crippen molar-refractivity contribution < 1.29 is 154 Å². The number of carboxylic acid groups (broad SMARTS) is 2. The number of imide groups is 1. The Morgan fingerprint density at radius 3 is 1.26 bits per heavy atom. The number of rotatable bonds is 53. The van der Waals surface area contributed by atoms with Crippen molar-refractivity contribution in [1.82, 2.24) is 78.0 Å². The fraction of sp³-hybridized carbons (Fsp3) is 0.618. The number of hydrogen-bond acceptors (Lipinski definition) is 36. The molecule has 20 atom stereocenters. The van der Waals surface area contributed by atoms with Crippen LogP contribution < -0.4 is 69.8 Å². The number of carbonyl (C=O) groups excluding carboxylic acids is 12. The first kappa shape index (κ1) is 99.9. The van der Waals surface area contributed by atoms with Crippen molar-refractivity contribution >= 4 is 117 Å². The molecule has 0 aliphatic carbocycles. The summed E-state index contributed by atoms with van der Waals surface area (Å²) in [6.07, 6.45) is -30.4. The Labute approximate surface area is 674 Å². The summed E-state index contributed by atoms with van der Waals surface area (Å²) in [5, 5.41) is 194. The number of thioether (sulfide) groups is 1. The van der Waals surface area contributed by atoms with Gasteiger partial charge in [-0.2, -0.15) is 4.98 Å². The van der Waals surface area contributed by atoms with E-state index in [1.165, 1.54) is 51.4 Å². The zero-order valence-corrected chi connectivity index (χ0v) is 64.7. The number of carbonyl (C=O) groups is 14. The number of amides is 12. The quantitative estimate of drug-likeness (QED) is 0.0233. The van der Waals surface area contributed by atoms with Crippen molar-refractivity contribution in [3.63, 3.8) is 0 Å². The smallest absolute Gasteiger partial charge is 0.327 e. The van der Waals surface area contributed by atoms with Gasteiger partial charge in [0.15, 0.2) is 11.2 Å². The Hall–Kier alpha value is -10.4. The summed E-state index contributed by atoms with van der Waals surface area (Å²) in [5.74, 6) is -16.9. The van der Waals surface area contributed by atoms with E-state index in [2.05, 4.69) is 78.4 Å². The number of aliphatic carboxylic acids is 2. The van der Waals surface area contributed by atoms with Crippen LogP contribution in [0, 0.1) is 0 Å². The number of aliphatic hydroxyl groups excluding tert-OH is 15. The summed E-state index contributed by atoms with van der Waals surface area (Å²) in [5.41, 5.74) is 5.52. The Morgan fingerprint density at radius 1 is 0.500 bits per heavy atom. The molecular formula is C68H103N17O32S. The van der Waals surface area contributed by atoms with Gasteiger partial charge in [-0.05, 0) is 62.8 Å². The highest BCUT2D eigenvalue weighted by molar-refractivity contribution is 8.00. The van der Waals surface area contributed by atoms with Gasteiger partial charge in [0.2, 0.25) is 70.9 Å². The monoisotopic (exact) mass is 1700 g/mol. The molecule has 50 heteroatoms. The first-order chi connectivity index (χ1) is 55.6. The molecule has 658 valence electrons. The number of aliphatic hydroxyl groups is 15. The number of H-pyrrole nitrogens is 1. The van der Waals surface area contributed by atoms with Crippen molar-refractivity contribution in [2.45, 2.75) is 212 Å². The Balaban J connectivity index is 1.62. The van der Waals surface area contributed by atoms with E-state index >= 15 is 0 Å². The van der Waals surface area contributed by atoms with Crippen LogP contribution in [0.25, 0.3) is 11.2 Å². The predicted octanol–water partition coefficient (Wildman–Crippen LogP) is -13.8. The van der Waals surface area contributed by atoms with Crippen LogP contribution >= 0.6 is 11.8 Å². The number of benzene rings is 1. The van der Waals surface area contributed by atoms with Crippen LogP contribution in [0.5, 0.6) is 0 Å². The van der Waals surface area contributed by atoms with Gasteiger partial charge in [-0.25, -0.2) is 19.6 Å². The van der Waals surface area contributed by atoms with E-state index in [1.807, 2.05) is 0 Å². The third-order valence-corrected chi connectivity index (χ3v) is 19.6. The van der Waals surface area contributed by atoms with Gasteiger partial charge in [-0.15, -0.1) is 11.8 Å². The number of anilines is 2. The SMILES string of the molecule is CC[C@@H](NC(=O)[C@H](CCC(=O)NC[C@H](O)[C@@H](O)[C@H](O)[C@H](O)CO)NC(=O)[C@@H](CC)NC(=O)[C@H](CCC(=O)NC[C@H](O)[C@@H](O)[C@H](O)[C@H](O)CO)NC(=O)CC[C@H](NC(=O)c1ccc(NCc2cnc3nc(N)[nH]c(=O)c3n2)cc1)C(=O)O)C(=O)N[C@@H](CCC(=O)NC[C@H](O)[C@@H](O)[C@H](O)[C@H](O)CO)C(=O)N[C@H](CSC1CC(=O)N(C)C1=O)C(=O)O. The molecular weight excluding hydrogens is 1600 g/mol. The van der Waals surface area contributed by atoms with Gasteiger partial charge in [-0.1, -0.05) is 13.8 Å². The molecule has 12 amide bonds. The van der Waals surface area contributed by atoms with Crippen LogP contribution in [-0.4, -0.2) is 368 Å². The largest absolute Gasteiger partial charge is 0.480 e. The molecule has 1 aliphatic rings. The maximum absolute atomic E-state index is 14.6. The van der Waals surface area contributed by atoms with Crippen molar-refractivity contribution in [3.8, 4) is 0 Å². The van der Waals surface area contributed by atoms with E-state index < -0.39 is 319 Å². The second kappa shape index (κ2) is 49.1. The van der Waals surface area contributed by atoms with Crippen LogP contribution in [-0.2, 0) is 68.9 Å². The van der Waals surface area contributed by atoms with E-state index in [0.29, 0.717) is 23.1 Å². The molecule has 3 heterocycles. The van der Waals surface area contributed by atoms with Gasteiger partial charge in [0.1, 0.15) is 97.2 Å². The number of likely N-dealkylation sites (tertiary alicyclic amines) is 1. The van der Waals surface area contributed by atoms with E-state index in [4.69, 9.17) is 10.8 Å². The second-order valence-electron chi connectivity index (χ2n) is 27.1. The summed E-state index contributed by atoms with van der Waals surface area (Å²) >= 11 is 0.684. The topological polar surface area (TPSA) is 816 Å². The molecule has 49 nitrogen and oxygen atoms in total. The third kappa shape index (κ3) is 31.5. The maximum atomic E-state index is 14.6. The van der Waals surface area contributed by atoms with Crippen molar-refractivity contribution in [2.24, 2.45) is 0 Å². The number of nitrogens with zero attached hydrogens (tertiary/aromatic N) is 4. The third-order valence-electron chi connectivity index (χ3n) is 18.3. The fourth-order valence-electron chi connectivity index (χ4n) is 10.9. The predicted molar refractivity (Wildman–Crippen MR) is 403 cm³/mol. The van der Waals surface area contributed by atoms with Gasteiger partial charge in [-0.3, -0.25) is 72.2 Å². The zero-order valence-electron chi connectivity index (χ0n) is 63.9. The van der Waals surface area contributed by atoms with Gasteiger partial charge < -0.3 is 151 Å². The minimum Gasteiger partial charge on any atom is -0.480 e. The van der Waals surface area contributed by atoms with E-state index in [-0.39, 0.29) is 35.6 Å². The molecule has 1 saturated heterocycles. The summed E-state index contributed by atoms with van der Waals surface area (Å²) in [7, 11) is 1.19. The molecule has 4 rings (SSSR count). The van der Waals surface area contributed by atoms with E-state index in [9.17, 15) is 154 Å². The van der Waals surface area contributed by atoms with Crippen molar-refractivity contribution in [2.75, 3.05) is 63.3 Å². The number of nitrogens with two attached hydrogens (primary N) is 1. The summed E-state index contributed by atoms with van der Waals surface area (Å²) < 4.78 is 0. The van der Waals surface area contributed by atoms with Crippen molar-refractivity contribution in [1.29, 1.82) is 0 Å². The molecule has 1 fully saturated rings. The van der Waals surface area contributed by atoms with Gasteiger partial charge >= 0.3 is 11.9 Å². The average Bonchev–Trinajstić information content (AvgIpc) is 0.915. The highest BCUT2D eigenvalue weighted by Gasteiger charge is 2.40. The fourth-order valence-corrected chi connectivity index (χ4v) is 12.2. The highest BCUT2D eigenvalue weighted by Crippen LogP contribution is 2.25. The van der Waals surface area contributed by atoms with Crippen LogP contribution in [0.4, 0.5) is 11.6 Å². The zero-order chi connectivity index (χ0) is 88.5. The Bertz CT molecular complexity index is 3990. The van der Waals surface area contributed by atoms with Crippen LogP contribution in [0.1, 0.15) is 101 Å². The van der Waals surface area contributed by atoms with Gasteiger partial charge in [0.05, 0.1) is 61.8 Å². The lowest BCUT2D eigenvalue weighted by molar-refractivity contribution is -0.142. The number of aromatic amines is 1. The van der Waals surface area contributed by atoms with E-state index in [1.54, 1.807) is 0 Å². The molecule has 1 aromatic carbocycles. The van der Waals surface area contributed by atoms with Crippen LogP contribution in [0.15, 0.2) is 35.3 Å². The molecule has 3 aromatic rings. The molecule has 1 unspecified atom stereocenters. The second-order valence-corrected chi connectivity index (χ2v) is 28.4. The first-order valence-electron chi connectivity index (χ1n) is 36.7. The number of fused-ring (bicyclic) bond motifs is 1. The normalized spacial score (nSPS) is 17.7. The first-order valence-corrected chi connectivity index (χ1v) is 37.8. The number of hydrogen-bond donors (Lipinski definition) is 30. The maximum Gasteiger partial charge on any atom is 0.327 e. The number of aromatic nitrogens is 4. The molecule has 0 bridgehead atoms. The summed E-state index contributed by atoms with van der Waals surface area (Å²) in [6.45, 7) is -3.04. The Morgan fingerprint density at radius 2 is 0.873 bits per heavy atom. The Kier molecular flexibility index (Phi) is 41.6. The molecule has 0 spiro atoms. The number of nitrogens with one attached hydrogen (secondary N) is 12. The molecule has 118 heavy (non-hydrogen) atoms. The minimum atomic E-state index is -2.17. The lowest BCUT2D eigenvalue weighted by atomic mass is 10.0. The van der Waals surface area contributed by atoms with E-state index in [0.717, 1.165) is 4.90 Å².